The van der Waals surface area contributed by atoms with Gasteiger partial charge in [-0.25, -0.2) is 4.79 Å². The molecule has 1 fully saturated rings. The van der Waals surface area contributed by atoms with Crippen molar-refractivity contribution in [2.24, 2.45) is 5.92 Å². The van der Waals surface area contributed by atoms with E-state index in [4.69, 9.17) is 0 Å². The molecule has 4 nitrogen and oxygen atoms in total. The summed E-state index contributed by atoms with van der Waals surface area (Å²) in [6.45, 7) is 4.19. The predicted octanol–water partition coefficient (Wildman–Crippen LogP) is 3.36. The normalized spacial score (nSPS) is 23.0. The highest BCUT2D eigenvalue weighted by atomic mass is 32.2. The van der Waals surface area contributed by atoms with E-state index >= 15 is 0 Å². The number of nitrogens with zero attached hydrogens (tertiary/aromatic N) is 1. The summed E-state index contributed by atoms with van der Waals surface area (Å²) in [5.41, 5.74) is 0.913. The van der Waals surface area contributed by atoms with Crippen LogP contribution in [0.2, 0.25) is 0 Å². The zero-order valence-corrected chi connectivity index (χ0v) is 13.8. The second-order valence-corrected chi connectivity index (χ2v) is 7.10. The molecule has 2 rings (SSSR count). The van der Waals surface area contributed by atoms with Crippen LogP contribution in [0.15, 0.2) is 24.4 Å². The molecule has 1 aromatic rings. The molecule has 21 heavy (non-hydrogen) atoms. The maximum Gasteiger partial charge on any atom is 0.315 e. The fraction of sp³-hybridized carbons (Fsp3) is 0.625. The Bertz CT molecular complexity index is 452. The smallest absolute Gasteiger partial charge is 0.315 e. The summed E-state index contributed by atoms with van der Waals surface area (Å²) >= 11 is 1.90. The Labute approximate surface area is 131 Å². The van der Waals surface area contributed by atoms with Crippen molar-refractivity contribution in [1.29, 1.82) is 0 Å². The first-order chi connectivity index (χ1) is 10.1. The summed E-state index contributed by atoms with van der Waals surface area (Å²) in [5, 5.41) is 6.87. The summed E-state index contributed by atoms with van der Waals surface area (Å²) in [5.74, 6) is 0.299. The Hall–Kier alpha value is -1.23. The molecule has 1 aromatic heterocycles. The minimum atomic E-state index is -0.0777. The van der Waals surface area contributed by atoms with Gasteiger partial charge in [0, 0.05) is 17.5 Å². The van der Waals surface area contributed by atoms with Crippen molar-refractivity contribution in [3.8, 4) is 0 Å². The lowest BCUT2D eigenvalue weighted by Crippen LogP contribution is -2.44. The highest BCUT2D eigenvalue weighted by Crippen LogP contribution is 2.28. The van der Waals surface area contributed by atoms with Gasteiger partial charge >= 0.3 is 6.03 Å². The molecule has 1 aliphatic carbocycles. The molecule has 2 amide bonds. The number of carbonyl (C=O) groups is 1. The minimum absolute atomic E-state index is 0.0519. The van der Waals surface area contributed by atoms with Gasteiger partial charge in [0.1, 0.15) is 0 Å². The maximum absolute atomic E-state index is 12.2. The molecule has 0 aromatic carbocycles. The number of nitrogens with one attached hydrogen (secondary N) is 2. The average molecular weight is 307 g/mol. The van der Waals surface area contributed by atoms with Crippen molar-refractivity contribution in [3.05, 3.63) is 30.1 Å². The molecule has 1 heterocycles. The van der Waals surface area contributed by atoms with E-state index in [0.29, 0.717) is 17.2 Å². The topological polar surface area (TPSA) is 54.0 Å². The molecular formula is C16H25N3OS. The van der Waals surface area contributed by atoms with E-state index in [0.717, 1.165) is 18.5 Å². The van der Waals surface area contributed by atoms with Gasteiger partial charge < -0.3 is 10.6 Å². The number of amides is 2. The van der Waals surface area contributed by atoms with E-state index in [1.807, 2.05) is 30.0 Å². The van der Waals surface area contributed by atoms with E-state index in [1.54, 1.807) is 6.20 Å². The molecule has 2 N–H and O–H groups in total. The zero-order chi connectivity index (χ0) is 15.2. The van der Waals surface area contributed by atoms with Crippen LogP contribution in [0, 0.1) is 5.92 Å². The van der Waals surface area contributed by atoms with Crippen LogP contribution >= 0.6 is 11.8 Å². The molecule has 0 unspecified atom stereocenters. The van der Waals surface area contributed by atoms with E-state index in [-0.39, 0.29) is 12.1 Å². The fourth-order valence-electron chi connectivity index (χ4n) is 2.80. The monoisotopic (exact) mass is 307 g/mol. The molecule has 1 aliphatic rings. The van der Waals surface area contributed by atoms with Gasteiger partial charge in [-0.1, -0.05) is 19.9 Å². The quantitative estimate of drug-likeness (QED) is 0.877. The predicted molar refractivity (Wildman–Crippen MR) is 88.4 cm³/mol. The van der Waals surface area contributed by atoms with Crippen molar-refractivity contribution in [2.45, 2.75) is 50.4 Å². The Kier molecular flexibility index (Phi) is 5.91. The number of thioether (sulfide) groups is 1. The van der Waals surface area contributed by atoms with Gasteiger partial charge in [0.05, 0.1) is 11.7 Å². The lowest BCUT2D eigenvalue weighted by molar-refractivity contribution is 0.229. The molecular weight excluding hydrogens is 282 g/mol. The van der Waals surface area contributed by atoms with E-state index in [2.05, 4.69) is 35.7 Å². The van der Waals surface area contributed by atoms with Crippen molar-refractivity contribution in [1.82, 2.24) is 15.6 Å². The Balaban J connectivity index is 1.90. The first kappa shape index (κ1) is 16.1. The van der Waals surface area contributed by atoms with Gasteiger partial charge in [0.25, 0.3) is 0 Å². The standard InChI is InChI=1S/C16H25N3OS/c1-11(2)15(14-6-4-5-9-17-14)19-16(20)18-12-7-8-13(10-12)21-3/h4-6,9,11-13,15H,7-8,10H2,1-3H3,(H2,18,19,20)/t12-,13-,15+/m1/s1. The molecule has 0 aliphatic heterocycles. The average Bonchev–Trinajstić information content (AvgIpc) is 2.93. The first-order valence-electron chi connectivity index (χ1n) is 7.61. The summed E-state index contributed by atoms with van der Waals surface area (Å²) in [6.07, 6.45) is 7.26. The first-order valence-corrected chi connectivity index (χ1v) is 8.89. The summed E-state index contributed by atoms with van der Waals surface area (Å²) < 4.78 is 0. The Morgan fingerprint density at radius 3 is 2.76 bits per heavy atom. The third-order valence-corrected chi connectivity index (χ3v) is 5.11. The lowest BCUT2D eigenvalue weighted by atomic mass is 10.0. The highest BCUT2D eigenvalue weighted by molar-refractivity contribution is 7.99. The van der Waals surface area contributed by atoms with E-state index < -0.39 is 0 Å². The summed E-state index contributed by atoms with van der Waals surface area (Å²) in [7, 11) is 0. The zero-order valence-electron chi connectivity index (χ0n) is 13.0. The summed E-state index contributed by atoms with van der Waals surface area (Å²) in [6, 6.07) is 5.98. The van der Waals surface area contributed by atoms with Gasteiger partial charge in [-0.05, 0) is 43.6 Å². The van der Waals surface area contributed by atoms with Crippen molar-refractivity contribution in [2.75, 3.05) is 6.26 Å². The molecule has 0 saturated heterocycles. The van der Waals surface area contributed by atoms with Gasteiger partial charge in [0.2, 0.25) is 0 Å². The lowest BCUT2D eigenvalue weighted by Gasteiger charge is -2.23. The van der Waals surface area contributed by atoms with Gasteiger partial charge in [-0.15, -0.1) is 0 Å². The number of carbonyl (C=O) groups excluding carboxylic acids is 1. The van der Waals surface area contributed by atoms with E-state index in [1.165, 1.54) is 6.42 Å². The number of pyridine rings is 1. The third-order valence-electron chi connectivity index (χ3n) is 4.01. The van der Waals surface area contributed by atoms with Crippen LogP contribution < -0.4 is 10.6 Å². The Morgan fingerprint density at radius 2 is 2.19 bits per heavy atom. The number of rotatable bonds is 5. The number of urea groups is 1. The van der Waals surface area contributed by atoms with Crippen LogP contribution in [0.1, 0.15) is 44.8 Å². The second-order valence-electron chi connectivity index (χ2n) is 5.96. The van der Waals surface area contributed by atoms with Crippen molar-refractivity contribution in [3.63, 3.8) is 0 Å². The number of hydrogen-bond acceptors (Lipinski definition) is 3. The third kappa shape index (κ3) is 4.63. The maximum atomic E-state index is 12.2. The van der Waals surface area contributed by atoms with Crippen LogP contribution in [-0.4, -0.2) is 28.6 Å². The van der Waals surface area contributed by atoms with Gasteiger partial charge in [0.15, 0.2) is 0 Å². The molecule has 0 spiro atoms. The molecule has 0 bridgehead atoms. The fourth-order valence-corrected chi connectivity index (χ4v) is 3.59. The van der Waals surface area contributed by atoms with Gasteiger partial charge in [-0.3, -0.25) is 4.98 Å². The van der Waals surface area contributed by atoms with Crippen LogP contribution in [-0.2, 0) is 0 Å². The SMILES string of the molecule is CS[C@@H]1CC[C@@H](NC(=O)N[C@H](c2ccccn2)C(C)C)C1. The molecule has 3 atom stereocenters. The highest BCUT2D eigenvalue weighted by Gasteiger charge is 2.26. The van der Waals surface area contributed by atoms with Crippen LogP contribution in [0.4, 0.5) is 4.79 Å². The van der Waals surface area contributed by atoms with Crippen LogP contribution in [0.3, 0.4) is 0 Å². The summed E-state index contributed by atoms with van der Waals surface area (Å²) in [4.78, 5) is 16.6. The van der Waals surface area contributed by atoms with Crippen LogP contribution in [0.5, 0.6) is 0 Å². The largest absolute Gasteiger partial charge is 0.335 e. The van der Waals surface area contributed by atoms with Crippen molar-refractivity contribution < 1.29 is 4.79 Å². The minimum Gasteiger partial charge on any atom is -0.335 e. The van der Waals surface area contributed by atoms with E-state index in [9.17, 15) is 4.79 Å². The van der Waals surface area contributed by atoms with Crippen LogP contribution in [0.25, 0.3) is 0 Å². The second kappa shape index (κ2) is 7.69. The molecule has 1 saturated carbocycles. The number of hydrogen-bond donors (Lipinski definition) is 2. The molecule has 116 valence electrons. The molecule has 0 radical (unpaired) electrons. The Morgan fingerprint density at radius 1 is 1.38 bits per heavy atom. The number of aromatic nitrogens is 1. The van der Waals surface area contributed by atoms with Crippen molar-refractivity contribution >= 4 is 17.8 Å². The van der Waals surface area contributed by atoms with Gasteiger partial charge in [-0.2, -0.15) is 11.8 Å². The molecule has 5 heteroatoms.